The monoisotopic (exact) mass is 284 g/mol. The summed E-state index contributed by atoms with van der Waals surface area (Å²) in [5, 5.41) is 18.0. The molecule has 0 saturated heterocycles. The van der Waals surface area contributed by atoms with Crippen LogP contribution < -0.4 is 10.6 Å². The molecule has 21 heavy (non-hydrogen) atoms. The van der Waals surface area contributed by atoms with Gasteiger partial charge in [0.25, 0.3) is 5.91 Å². The number of carbonyl (C=O) groups is 1. The fourth-order valence-electron chi connectivity index (χ4n) is 2.78. The Kier molecular flexibility index (Phi) is 3.80. The summed E-state index contributed by atoms with van der Waals surface area (Å²) in [6.45, 7) is 2.62. The van der Waals surface area contributed by atoms with E-state index in [2.05, 4.69) is 17.6 Å². The van der Waals surface area contributed by atoms with Crippen molar-refractivity contribution < 1.29 is 9.90 Å². The number of amides is 1. The Morgan fingerprint density at radius 2 is 2.19 bits per heavy atom. The topological polar surface area (TPSA) is 61.4 Å². The SMILES string of the molecule is CCCCC(O)CNc1cc2c3c(cccc3c1)NC2=O. The van der Waals surface area contributed by atoms with E-state index in [0.717, 1.165) is 41.4 Å². The van der Waals surface area contributed by atoms with Gasteiger partial charge in [-0.15, -0.1) is 0 Å². The van der Waals surface area contributed by atoms with Crippen molar-refractivity contribution in [3.63, 3.8) is 0 Å². The van der Waals surface area contributed by atoms with Crippen LogP contribution in [0.5, 0.6) is 0 Å². The van der Waals surface area contributed by atoms with Crippen molar-refractivity contribution in [1.29, 1.82) is 0 Å². The Morgan fingerprint density at radius 3 is 3.00 bits per heavy atom. The van der Waals surface area contributed by atoms with Gasteiger partial charge in [-0.05, 0) is 30.0 Å². The third-order valence-corrected chi connectivity index (χ3v) is 3.90. The molecule has 1 heterocycles. The van der Waals surface area contributed by atoms with Crippen LogP contribution in [0.4, 0.5) is 11.4 Å². The summed E-state index contributed by atoms with van der Waals surface area (Å²) in [5.74, 6) is -0.0589. The third-order valence-electron chi connectivity index (χ3n) is 3.90. The lowest BCUT2D eigenvalue weighted by molar-refractivity contribution is 0.103. The molecule has 2 aromatic rings. The molecule has 0 aliphatic carbocycles. The number of carbonyl (C=O) groups excluding carboxylic acids is 1. The Bertz CT molecular complexity index is 682. The molecule has 110 valence electrons. The van der Waals surface area contributed by atoms with Crippen molar-refractivity contribution in [2.24, 2.45) is 0 Å². The maximum atomic E-state index is 12.0. The van der Waals surface area contributed by atoms with Crippen LogP contribution in [0.1, 0.15) is 36.5 Å². The van der Waals surface area contributed by atoms with E-state index in [4.69, 9.17) is 0 Å². The second kappa shape index (κ2) is 5.74. The molecule has 0 aromatic heterocycles. The molecule has 1 amide bonds. The minimum absolute atomic E-state index is 0.0589. The summed E-state index contributed by atoms with van der Waals surface area (Å²) in [6, 6.07) is 9.74. The van der Waals surface area contributed by atoms with Crippen LogP contribution in [-0.4, -0.2) is 23.7 Å². The number of hydrogen-bond acceptors (Lipinski definition) is 3. The van der Waals surface area contributed by atoms with E-state index in [1.807, 2.05) is 30.3 Å². The van der Waals surface area contributed by atoms with Gasteiger partial charge in [0.15, 0.2) is 0 Å². The highest BCUT2D eigenvalue weighted by Crippen LogP contribution is 2.35. The van der Waals surface area contributed by atoms with Crippen molar-refractivity contribution in [3.05, 3.63) is 35.9 Å². The fraction of sp³-hybridized carbons (Fsp3) is 0.353. The zero-order valence-electron chi connectivity index (χ0n) is 12.1. The highest BCUT2D eigenvalue weighted by molar-refractivity contribution is 6.24. The van der Waals surface area contributed by atoms with Crippen LogP contribution in [0.15, 0.2) is 30.3 Å². The third kappa shape index (κ3) is 2.72. The number of unbranched alkanes of at least 4 members (excludes halogenated alkanes) is 1. The van der Waals surface area contributed by atoms with E-state index in [-0.39, 0.29) is 12.0 Å². The maximum Gasteiger partial charge on any atom is 0.256 e. The molecule has 0 bridgehead atoms. The Balaban J connectivity index is 1.81. The summed E-state index contributed by atoms with van der Waals surface area (Å²) in [4.78, 5) is 12.0. The van der Waals surface area contributed by atoms with Gasteiger partial charge in [-0.2, -0.15) is 0 Å². The molecule has 1 unspecified atom stereocenters. The van der Waals surface area contributed by atoms with Crippen LogP contribution in [-0.2, 0) is 0 Å². The smallest absolute Gasteiger partial charge is 0.256 e. The van der Waals surface area contributed by atoms with Crippen LogP contribution in [0.3, 0.4) is 0 Å². The van der Waals surface area contributed by atoms with E-state index in [1.165, 1.54) is 0 Å². The molecular formula is C17H20N2O2. The first-order chi connectivity index (χ1) is 10.2. The van der Waals surface area contributed by atoms with E-state index >= 15 is 0 Å². The van der Waals surface area contributed by atoms with Gasteiger partial charge in [-0.3, -0.25) is 4.79 Å². The zero-order chi connectivity index (χ0) is 14.8. The largest absolute Gasteiger partial charge is 0.391 e. The first-order valence-electron chi connectivity index (χ1n) is 7.49. The predicted molar refractivity (Wildman–Crippen MR) is 85.9 cm³/mol. The van der Waals surface area contributed by atoms with Crippen LogP contribution in [0, 0.1) is 0 Å². The number of anilines is 2. The van der Waals surface area contributed by atoms with Crippen LogP contribution in [0.2, 0.25) is 0 Å². The van der Waals surface area contributed by atoms with Crippen molar-refractivity contribution in [2.45, 2.75) is 32.3 Å². The minimum atomic E-state index is -0.352. The lowest BCUT2D eigenvalue weighted by Crippen LogP contribution is -2.19. The Morgan fingerprint density at radius 1 is 1.33 bits per heavy atom. The number of hydrogen-bond donors (Lipinski definition) is 3. The second-order valence-corrected chi connectivity index (χ2v) is 5.56. The summed E-state index contributed by atoms with van der Waals surface area (Å²) in [5.41, 5.74) is 2.46. The van der Waals surface area contributed by atoms with Gasteiger partial charge in [-0.25, -0.2) is 0 Å². The average Bonchev–Trinajstić information content (AvgIpc) is 2.81. The van der Waals surface area contributed by atoms with E-state index in [1.54, 1.807) is 0 Å². The zero-order valence-corrected chi connectivity index (χ0v) is 12.1. The van der Waals surface area contributed by atoms with E-state index in [0.29, 0.717) is 12.1 Å². The number of rotatable bonds is 6. The molecule has 1 aliphatic rings. The molecule has 2 aromatic carbocycles. The lowest BCUT2D eigenvalue weighted by atomic mass is 10.0. The normalized spacial score (nSPS) is 14.3. The Hall–Kier alpha value is -2.07. The summed E-state index contributed by atoms with van der Waals surface area (Å²) < 4.78 is 0. The molecular weight excluding hydrogens is 264 g/mol. The van der Waals surface area contributed by atoms with Crippen molar-refractivity contribution in [1.82, 2.24) is 0 Å². The number of nitrogens with one attached hydrogen (secondary N) is 2. The maximum absolute atomic E-state index is 12.0. The molecule has 3 N–H and O–H groups in total. The molecule has 4 heteroatoms. The lowest BCUT2D eigenvalue weighted by Gasteiger charge is -2.13. The Labute approximate surface area is 124 Å². The molecule has 3 rings (SSSR count). The van der Waals surface area contributed by atoms with Gasteiger partial charge in [0.05, 0.1) is 11.7 Å². The van der Waals surface area contributed by atoms with Crippen molar-refractivity contribution in [2.75, 3.05) is 17.2 Å². The van der Waals surface area contributed by atoms with Crippen LogP contribution >= 0.6 is 0 Å². The molecule has 0 spiro atoms. The molecule has 1 aliphatic heterocycles. The number of benzene rings is 2. The molecule has 4 nitrogen and oxygen atoms in total. The minimum Gasteiger partial charge on any atom is -0.391 e. The molecule has 0 fully saturated rings. The van der Waals surface area contributed by atoms with Gasteiger partial charge < -0.3 is 15.7 Å². The van der Waals surface area contributed by atoms with Gasteiger partial charge in [-0.1, -0.05) is 31.9 Å². The number of aliphatic hydroxyl groups is 1. The highest BCUT2D eigenvalue weighted by atomic mass is 16.3. The van der Waals surface area contributed by atoms with E-state index < -0.39 is 0 Å². The number of aliphatic hydroxyl groups excluding tert-OH is 1. The first-order valence-corrected chi connectivity index (χ1v) is 7.49. The highest BCUT2D eigenvalue weighted by Gasteiger charge is 2.21. The summed E-state index contributed by atoms with van der Waals surface area (Å²) >= 11 is 0. The van der Waals surface area contributed by atoms with Gasteiger partial charge in [0, 0.05) is 23.3 Å². The summed E-state index contributed by atoms with van der Waals surface area (Å²) in [7, 11) is 0. The summed E-state index contributed by atoms with van der Waals surface area (Å²) in [6.07, 6.45) is 2.56. The van der Waals surface area contributed by atoms with Gasteiger partial charge >= 0.3 is 0 Å². The fourth-order valence-corrected chi connectivity index (χ4v) is 2.78. The van der Waals surface area contributed by atoms with Gasteiger partial charge in [0.2, 0.25) is 0 Å². The molecule has 0 radical (unpaired) electrons. The first kappa shape index (κ1) is 13.9. The van der Waals surface area contributed by atoms with Crippen LogP contribution in [0.25, 0.3) is 10.8 Å². The second-order valence-electron chi connectivity index (χ2n) is 5.56. The van der Waals surface area contributed by atoms with E-state index in [9.17, 15) is 9.90 Å². The quantitative estimate of drug-likeness (QED) is 0.762. The van der Waals surface area contributed by atoms with Crippen molar-refractivity contribution >= 4 is 28.1 Å². The average molecular weight is 284 g/mol. The predicted octanol–water partition coefficient (Wildman–Crippen LogP) is 3.37. The molecule has 1 atom stereocenters. The van der Waals surface area contributed by atoms with Crippen molar-refractivity contribution in [3.8, 4) is 0 Å². The standard InChI is InChI=1S/C17H20N2O2/c1-2-3-6-13(20)10-18-12-8-11-5-4-7-15-16(11)14(9-12)17(21)19-15/h4-5,7-9,13,18,20H,2-3,6,10H2,1H3,(H,19,21). The van der Waals surface area contributed by atoms with Gasteiger partial charge in [0.1, 0.15) is 0 Å². The molecule has 0 saturated carbocycles.